The summed E-state index contributed by atoms with van der Waals surface area (Å²) in [6.45, 7) is 20.2. The third kappa shape index (κ3) is 28.7. The van der Waals surface area contributed by atoms with E-state index < -0.39 is 55.0 Å². The number of esters is 1. The predicted molar refractivity (Wildman–Crippen MR) is 395 cm³/mol. The number of hydrogen-bond donors (Lipinski definition) is 4. The van der Waals surface area contributed by atoms with Crippen molar-refractivity contribution in [2.45, 2.75) is 227 Å². The summed E-state index contributed by atoms with van der Waals surface area (Å²) in [5, 5.41) is 42.1. The third-order valence-corrected chi connectivity index (χ3v) is 16.3. The molecule has 1 aliphatic carbocycles. The van der Waals surface area contributed by atoms with E-state index in [0.29, 0.717) is 31.8 Å². The number of aliphatic carboxylic acids is 1. The van der Waals surface area contributed by atoms with Gasteiger partial charge in [0.1, 0.15) is 11.7 Å². The van der Waals surface area contributed by atoms with Crippen LogP contribution in [0.15, 0.2) is 182 Å². The van der Waals surface area contributed by atoms with Crippen LogP contribution in [0, 0.1) is 5.92 Å². The second-order valence-electron chi connectivity index (χ2n) is 24.2. The quantitative estimate of drug-likeness (QED) is 0.0236. The normalized spacial score (nSPS) is 15.4. The van der Waals surface area contributed by atoms with Crippen LogP contribution in [0.25, 0.3) is 0 Å². The van der Waals surface area contributed by atoms with E-state index in [9.17, 15) is 34.8 Å². The van der Waals surface area contributed by atoms with E-state index in [2.05, 4.69) is 166 Å². The van der Waals surface area contributed by atoms with Gasteiger partial charge in [0.15, 0.2) is 18.0 Å². The number of Topliss-reactive ketones (excluding diaryl/α,β-unsaturated/α-hetero) is 1. The molecule has 1 aliphatic rings. The van der Waals surface area contributed by atoms with Crippen LogP contribution in [-0.4, -0.2) is 95.5 Å². The number of carbonyl (C=O) groups excluding carboxylic acids is 2. The van der Waals surface area contributed by atoms with Crippen molar-refractivity contribution in [3.05, 3.63) is 215 Å². The molecule has 7 rings (SSSR count). The Morgan fingerprint density at radius 1 is 0.517 bits per heavy atom. The molecular weight excluding hydrogens is 1450 g/mol. The number of benzene rings is 6. The third-order valence-electron chi connectivity index (χ3n) is 16.3. The van der Waals surface area contributed by atoms with Crippen LogP contribution in [-0.2, 0) is 38.8 Å². The van der Waals surface area contributed by atoms with Gasteiger partial charge >= 0.3 is 62.8 Å². The Kier molecular flexibility index (Phi) is 37.9. The number of aliphatic hydroxyl groups is 3. The number of halogens is 3. The summed E-state index contributed by atoms with van der Waals surface area (Å²) in [5.41, 5.74) is 6.31. The van der Waals surface area contributed by atoms with E-state index in [1.54, 1.807) is 0 Å². The zero-order chi connectivity index (χ0) is 65.3. The Hall–Kier alpha value is -4.12. The van der Waals surface area contributed by atoms with Crippen molar-refractivity contribution in [2.24, 2.45) is 5.92 Å². The molecule has 89 heavy (non-hydrogen) atoms. The molecule has 0 aliphatic heterocycles. The van der Waals surface area contributed by atoms with E-state index in [1.807, 2.05) is 130 Å². The summed E-state index contributed by atoms with van der Waals surface area (Å²) in [5.74, 6) is -1.20. The van der Waals surface area contributed by atoms with Crippen LogP contribution in [0.1, 0.15) is 198 Å². The number of ketones is 1. The maximum absolute atomic E-state index is 12.8. The number of unbranched alkanes of at least 4 members (excludes halogenated alkanes) is 3. The molecule has 0 unspecified atom stereocenters. The Labute approximate surface area is 565 Å². The number of carboxylic acid groups (broad SMARTS) is 1. The van der Waals surface area contributed by atoms with Gasteiger partial charge in [0.25, 0.3) is 0 Å². The van der Waals surface area contributed by atoms with E-state index in [0.717, 1.165) is 93.0 Å². The molecule has 0 saturated heterocycles. The van der Waals surface area contributed by atoms with Crippen LogP contribution in [0.4, 0.5) is 0 Å². The Morgan fingerprint density at radius 2 is 0.787 bits per heavy atom. The van der Waals surface area contributed by atoms with Gasteiger partial charge in [-0.25, -0.2) is 9.59 Å². The number of aliphatic hydroxyl groups excluding tert-OH is 3. The molecule has 11 nitrogen and oxygen atoms in total. The zero-order valence-electron chi connectivity index (χ0n) is 54.6. The molecule has 6 aromatic carbocycles. The zero-order valence-corrected chi connectivity index (χ0v) is 60.1. The first kappa shape index (κ1) is 77.3. The van der Waals surface area contributed by atoms with Crippen molar-refractivity contribution in [3.8, 4) is 0 Å². The van der Waals surface area contributed by atoms with E-state index in [4.69, 9.17) is 5.33 Å². The number of carbonyl (C=O) groups is 3. The van der Waals surface area contributed by atoms with Gasteiger partial charge in [0, 0.05) is 62.3 Å². The van der Waals surface area contributed by atoms with Gasteiger partial charge in [-0.15, -0.1) is 0 Å². The van der Waals surface area contributed by atoms with Crippen LogP contribution in [0.5, 0.6) is 0 Å². The molecular formula is C75H106I3N3O8. The molecule has 490 valence electrons. The van der Waals surface area contributed by atoms with Gasteiger partial charge in [0.05, 0.1) is 0 Å². The molecule has 1 fully saturated rings. The minimum atomic E-state index is -1.41. The minimum absolute atomic E-state index is 0. The average Bonchev–Trinajstić information content (AvgIpc) is 1.96. The first-order valence-electron chi connectivity index (χ1n) is 32.1. The van der Waals surface area contributed by atoms with Gasteiger partial charge < -0.3 is 25.2 Å². The Balaban J connectivity index is 0.000000341. The van der Waals surface area contributed by atoms with Crippen molar-refractivity contribution in [3.63, 3.8) is 0 Å². The molecule has 0 heterocycles. The molecule has 9 atom stereocenters. The molecule has 4 N–H and O–H groups in total. The standard InChI is InChI=1S/C26H37NO3.C26H35NO2.C22H29NO3.CH4.HI3/c1-6-7-18-23(24(28)25(29)30-26(3,4)5)27(19-21-14-10-8-11-15-21)20(2)22-16-12-9-13-17-22;1-3-4-15-24(26(29)25(28)18-21-16-17-21)27(19-22-11-7-5-8-12-22)20(2)23-13-9-6-10-14-23;1-3-4-15-20(21(24)22(25)26)23(16-18-11-7-5-8-12-18)17(2)19-13-9-6-10-14-19;;1-3-2/h8-17,20,23-24,28H,6-7,18-19H2,1-5H3;5-14,20-21,24,26,29H,3-4,15-19H2,1-2H3;5-14,17,20-21,24H,3-4,15-16H2,1-2H3,(H,25,26);1H4;3H/t20-,23-,24-;20-,24-,26-;17-,20-,21-;;/m000../s1/i;;;;3D. The Morgan fingerprint density at radius 3 is 1.04 bits per heavy atom. The fourth-order valence-corrected chi connectivity index (χ4v) is 11.2. The number of rotatable bonds is 32. The summed E-state index contributed by atoms with van der Waals surface area (Å²) in [4.78, 5) is 43.9. The summed E-state index contributed by atoms with van der Waals surface area (Å²) in [6.07, 6.45) is 7.29. The molecule has 0 spiro atoms. The van der Waals surface area contributed by atoms with E-state index in [1.165, 1.54) is 11.1 Å². The van der Waals surface area contributed by atoms with Gasteiger partial charge in [-0.3, -0.25) is 19.5 Å². The van der Waals surface area contributed by atoms with Crippen molar-refractivity contribution in [1.29, 1.82) is 0.594 Å². The second kappa shape index (κ2) is 43.7. The molecule has 0 radical (unpaired) electrons. The molecule has 1 saturated carbocycles. The van der Waals surface area contributed by atoms with Crippen LogP contribution in [0.2, 0.25) is 0 Å². The van der Waals surface area contributed by atoms with Gasteiger partial charge in [-0.05, 0) is 113 Å². The molecule has 0 aromatic heterocycles. The first-order valence-corrected chi connectivity index (χ1v) is 44.3. The molecule has 0 bridgehead atoms. The van der Waals surface area contributed by atoms with Crippen LogP contribution >= 0.6 is 50.3 Å². The first-order chi connectivity index (χ1) is 42.6. The van der Waals surface area contributed by atoms with Crippen molar-refractivity contribution >= 4 is 68.0 Å². The molecule has 0 amide bonds. The van der Waals surface area contributed by atoms with Gasteiger partial charge in [0.2, 0.25) is 0 Å². The van der Waals surface area contributed by atoms with Crippen LogP contribution in [0.3, 0.4) is 0 Å². The topological polar surface area (TPSA) is 151 Å². The summed E-state index contributed by atoms with van der Waals surface area (Å²) in [6, 6.07) is 60.5. The van der Waals surface area contributed by atoms with E-state index >= 15 is 0 Å². The van der Waals surface area contributed by atoms with Gasteiger partial charge in [-0.2, -0.15) is 0 Å². The Bertz CT molecular complexity index is 2840. The second-order valence-corrected chi connectivity index (χ2v) is 40.5. The molecule has 14 heteroatoms. The summed E-state index contributed by atoms with van der Waals surface area (Å²) in [7, 11) is 0. The maximum atomic E-state index is 12.8. The monoisotopic (exact) mass is 1560 g/mol. The van der Waals surface area contributed by atoms with Gasteiger partial charge in [-0.1, -0.05) is 249 Å². The fourth-order valence-electron chi connectivity index (χ4n) is 11.2. The number of hydrogen-bond acceptors (Lipinski definition) is 10. The fraction of sp³-hybridized carbons (Fsp3) is 0.480. The summed E-state index contributed by atoms with van der Waals surface area (Å²) >= 11 is 3.23. The van der Waals surface area contributed by atoms with Crippen molar-refractivity contribution < 1.29 is 39.5 Å². The summed E-state index contributed by atoms with van der Waals surface area (Å²) < 4.78 is 12.2. The average molecular weight is 1560 g/mol. The van der Waals surface area contributed by atoms with Crippen molar-refractivity contribution in [2.75, 3.05) is 0 Å². The number of ether oxygens (including phenoxy) is 1. The van der Waals surface area contributed by atoms with Crippen LogP contribution < -0.4 is 0 Å². The predicted octanol–water partition coefficient (Wildman–Crippen LogP) is 18.3. The number of carboxylic acids is 1. The molecule has 6 aromatic rings. The van der Waals surface area contributed by atoms with Crippen molar-refractivity contribution in [1.82, 2.24) is 14.7 Å². The SMILES string of the molecule is C.CCCC[C@@H]([C@H](O)C(=O)CC1CC1)N(Cc1ccccc1)[C@@H](C)c1ccccc1.CCCC[C@@H]([C@H](O)C(=O)O)N(Cc1ccccc1)[C@@H](C)c1ccccc1.CCCC[C@@H]([C@H](O)C(=O)OC(C)(C)C)N(Cc1ccccc1)[C@@H](C)c1ccccc1.[2H]I(I)I. The number of nitrogens with zero attached hydrogens (tertiary/aromatic N) is 3. The van der Waals surface area contributed by atoms with E-state index in [-0.39, 0.29) is 43.4 Å².